The zero-order valence-corrected chi connectivity index (χ0v) is 14.1. The molecule has 23 heavy (non-hydrogen) atoms. The molecule has 0 atom stereocenters. The van der Waals surface area contributed by atoms with E-state index in [1.54, 1.807) is 11.3 Å². The van der Waals surface area contributed by atoms with Crippen molar-refractivity contribution in [3.63, 3.8) is 0 Å². The van der Waals surface area contributed by atoms with Crippen molar-refractivity contribution in [2.24, 2.45) is 0 Å². The lowest BCUT2D eigenvalue weighted by molar-refractivity contribution is -0.120. The van der Waals surface area contributed by atoms with E-state index in [4.69, 9.17) is 0 Å². The summed E-state index contributed by atoms with van der Waals surface area (Å²) in [6.07, 6.45) is 3.50. The van der Waals surface area contributed by atoms with Crippen LogP contribution in [-0.4, -0.2) is 30.5 Å². The molecule has 5 heteroatoms. The lowest BCUT2D eigenvalue weighted by Gasteiger charge is -2.14. The summed E-state index contributed by atoms with van der Waals surface area (Å²) in [4.78, 5) is 16.7. The first-order valence-electron chi connectivity index (χ1n) is 7.87. The van der Waals surface area contributed by atoms with Crippen LogP contribution in [0.4, 0.5) is 0 Å². The Morgan fingerprint density at radius 3 is 3.13 bits per heavy atom. The quantitative estimate of drug-likeness (QED) is 0.830. The van der Waals surface area contributed by atoms with Gasteiger partial charge in [0.15, 0.2) is 0 Å². The molecule has 1 aliphatic heterocycles. The van der Waals surface area contributed by atoms with Gasteiger partial charge in [0.2, 0.25) is 5.91 Å². The first kappa shape index (κ1) is 15.9. The molecule has 0 fully saturated rings. The SMILES string of the molecule is Cc1cccc(-c2nc(CC(=O)NCC3=CCNCC3)cs2)c1. The molecule has 2 N–H and O–H groups in total. The third kappa shape index (κ3) is 4.50. The van der Waals surface area contributed by atoms with Crippen molar-refractivity contribution in [2.45, 2.75) is 19.8 Å². The Morgan fingerprint density at radius 1 is 1.43 bits per heavy atom. The number of hydrogen-bond donors (Lipinski definition) is 2. The summed E-state index contributed by atoms with van der Waals surface area (Å²) >= 11 is 1.59. The number of amides is 1. The predicted octanol–water partition coefficient (Wildman–Crippen LogP) is 2.70. The van der Waals surface area contributed by atoms with Gasteiger partial charge in [-0.05, 0) is 26.0 Å². The van der Waals surface area contributed by atoms with Crippen LogP contribution in [0.5, 0.6) is 0 Å². The third-order valence-corrected chi connectivity index (χ3v) is 4.77. The minimum atomic E-state index is 0.0329. The summed E-state index contributed by atoms with van der Waals surface area (Å²) in [5.41, 5.74) is 4.47. The van der Waals surface area contributed by atoms with Crippen LogP contribution in [0.25, 0.3) is 10.6 Å². The maximum atomic E-state index is 12.1. The Kier molecular flexibility index (Phi) is 5.20. The number of nitrogens with zero attached hydrogens (tertiary/aromatic N) is 1. The van der Waals surface area contributed by atoms with Gasteiger partial charge in [0.1, 0.15) is 5.01 Å². The highest BCUT2D eigenvalue weighted by atomic mass is 32.1. The predicted molar refractivity (Wildman–Crippen MR) is 94.6 cm³/mol. The van der Waals surface area contributed by atoms with Crippen molar-refractivity contribution in [1.82, 2.24) is 15.6 Å². The highest BCUT2D eigenvalue weighted by Crippen LogP contribution is 2.24. The van der Waals surface area contributed by atoms with E-state index in [9.17, 15) is 4.79 Å². The summed E-state index contributed by atoms with van der Waals surface area (Å²) in [5.74, 6) is 0.0329. The number of aromatic nitrogens is 1. The average Bonchev–Trinajstić information content (AvgIpc) is 3.02. The van der Waals surface area contributed by atoms with Gasteiger partial charge in [-0.15, -0.1) is 11.3 Å². The van der Waals surface area contributed by atoms with Gasteiger partial charge in [0, 0.05) is 24.0 Å². The van der Waals surface area contributed by atoms with E-state index in [1.165, 1.54) is 11.1 Å². The molecule has 0 radical (unpaired) electrons. The topological polar surface area (TPSA) is 54.0 Å². The largest absolute Gasteiger partial charge is 0.352 e. The Hall–Kier alpha value is -1.98. The molecular formula is C18H21N3OS. The van der Waals surface area contributed by atoms with Gasteiger partial charge >= 0.3 is 0 Å². The standard InChI is InChI=1S/C18H21N3OS/c1-13-3-2-4-15(9-13)18-21-16(12-23-18)10-17(22)20-11-14-5-7-19-8-6-14/h2-5,9,12,19H,6-8,10-11H2,1H3,(H,20,22). The van der Waals surface area contributed by atoms with Crippen molar-refractivity contribution in [3.05, 3.63) is 52.6 Å². The number of nitrogens with one attached hydrogen (secondary N) is 2. The van der Waals surface area contributed by atoms with Gasteiger partial charge in [0.05, 0.1) is 12.1 Å². The average molecular weight is 327 g/mol. The number of thiazole rings is 1. The lowest BCUT2D eigenvalue weighted by Crippen LogP contribution is -2.30. The Labute approximate surface area is 140 Å². The van der Waals surface area contributed by atoms with Crippen molar-refractivity contribution in [3.8, 4) is 10.6 Å². The van der Waals surface area contributed by atoms with Crippen LogP contribution >= 0.6 is 11.3 Å². The van der Waals surface area contributed by atoms with E-state index < -0.39 is 0 Å². The van der Waals surface area contributed by atoms with Crippen LogP contribution in [-0.2, 0) is 11.2 Å². The molecule has 0 unspecified atom stereocenters. The fraction of sp³-hybridized carbons (Fsp3) is 0.333. The van der Waals surface area contributed by atoms with Crippen LogP contribution in [0.1, 0.15) is 17.7 Å². The van der Waals surface area contributed by atoms with Crippen LogP contribution in [0, 0.1) is 6.92 Å². The molecule has 1 aromatic carbocycles. The molecule has 1 aromatic heterocycles. The summed E-state index contributed by atoms with van der Waals surface area (Å²) in [7, 11) is 0. The molecule has 0 aliphatic carbocycles. The first-order chi connectivity index (χ1) is 11.2. The minimum Gasteiger partial charge on any atom is -0.352 e. The molecule has 3 rings (SSSR count). The highest BCUT2D eigenvalue weighted by Gasteiger charge is 2.10. The monoisotopic (exact) mass is 327 g/mol. The van der Waals surface area contributed by atoms with Gasteiger partial charge in [-0.3, -0.25) is 4.79 Å². The Bertz CT molecular complexity index is 721. The van der Waals surface area contributed by atoms with Crippen molar-refractivity contribution >= 4 is 17.2 Å². The van der Waals surface area contributed by atoms with Gasteiger partial charge in [-0.1, -0.05) is 35.4 Å². The molecule has 4 nitrogen and oxygen atoms in total. The van der Waals surface area contributed by atoms with Gasteiger partial charge in [0.25, 0.3) is 0 Å². The number of aryl methyl sites for hydroxylation is 1. The number of hydrogen-bond acceptors (Lipinski definition) is 4. The van der Waals surface area contributed by atoms with E-state index >= 15 is 0 Å². The maximum absolute atomic E-state index is 12.1. The summed E-state index contributed by atoms with van der Waals surface area (Å²) in [6.45, 7) is 4.61. The van der Waals surface area contributed by atoms with E-state index in [-0.39, 0.29) is 5.91 Å². The normalized spacial score (nSPS) is 14.4. The zero-order chi connectivity index (χ0) is 16.1. The third-order valence-electron chi connectivity index (χ3n) is 3.83. The fourth-order valence-corrected chi connectivity index (χ4v) is 3.38. The lowest BCUT2D eigenvalue weighted by atomic mass is 10.1. The molecule has 2 aromatic rings. The second-order valence-corrected chi connectivity index (χ2v) is 6.64. The van der Waals surface area contributed by atoms with Crippen molar-refractivity contribution in [1.29, 1.82) is 0 Å². The summed E-state index contributed by atoms with van der Waals surface area (Å²) in [6, 6.07) is 8.28. The Balaban J connectivity index is 1.56. The molecule has 1 aliphatic rings. The van der Waals surface area contributed by atoms with Gasteiger partial charge in [-0.2, -0.15) is 0 Å². The number of carbonyl (C=O) groups excluding carboxylic acids is 1. The number of rotatable bonds is 5. The van der Waals surface area contributed by atoms with Gasteiger partial charge < -0.3 is 10.6 Å². The molecular weight excluding hydrogens is 306 g/mol. The fourth-order valence-electron chi connectivity index (χ4n) is 2.57. The van der Waals surface area contributed by atoms with Crippen molar-refractivity contribution < 1.29 is 4.79 Å². The van der Waals surface area contributed by atoms with Gasteiger partial charge in [-0.25, -0.2) is 4.98 Å². The van der Waals surface area contributed by atoms with E-state index in [1.807, 2.05) is 11.4 Å². The van der Waals surface area contributed by atoms with Crippen LogP contribution < -0.4 is 10.6 Å². The van der Waals surface area contributed by atoms with E-state index in [0.29, 0.717) is 13.0 Å². The molecule has 0 saturated carbocycles. The van der Waals surface area contributed by atoms with E-state index in [0.717, 1.165) is 35.8 Å². The summed E-state index contributed by atoms with van der Waals surface area (Å²) in [5, 5.41) is 9.20. The van der Waals surface area contributed by atoms with Crippen LogP contribution in [0.15, 0.2) is 41.3 Å². The van der Waals surface area contributed by atoms with Crippen molar-refractivity contribution in [2.75, 3.05) is 19.6 Å². The molecule has 0 spiro atoms. The second-order valence-electron chi connectivity index (χ2n) is 5.78. The molecule has 120 valence electrons. The minimum absolute atomic E-state index is 0.0329. The van der Waals surface area contributed by atoms with E-state index in [2.05, 4.69) is 46.8 Å². The first-order valence-corrected chi connectivity index (χ1v) is 8.75. The molecule has 1 amide bonds. The maximum Gasteiger partial charge on any atom is 0.226 e. The smallest absolute Gasteiger partial charge is 0.226 e. The zero-order valence-electron chi connectivity index (χ0n) is 13.3. The Morgan fingerprint density at radius 2 is 2.35 bits per heavy atom. The molecule has 0 bridgehead atoms. The molecule has 0 saturated heterocycles. The number of carbonyl (C=O) groups is 1. The van der Waals surface area contributed by atoms with Crippen LogP contribution in [0.2, 0.25) is 0 Å². The van der Waals surface area contributed by atoms with Crippen LogP contribution in [0.3, 0.4) is 0 Å². The number of benzene rings is 1. The second kappa shape index (κ2) is 7.53. The summed E-state index contributed by atoms with van der Waals surface area (Å²) < 4.78 is 0. The molecule has 2 heterocycles. The highest BCUT2D eigenvalue weighted by molar-refractivity contribution is 7.13.